The molecule has 0 bridgehead atoms. The van der Waals surface area contributed by atoms with Crippen molar-refractivity contribution < 1.29 is 18.9 Å². The first-order valence-corrected chi connectivity index (χ1v) is 7.22. The standard InChI is InChI=1S/C13H17NO4S/c1-9(11-6-4-3-5-7-11)19(18)8-12(13(16)17)14-10(2)15/h3-7,9,12H,8H2,1-2H3,(H,14,15)(H,16,17)/t9?,12-,19?/m0/s1. The van der Waals surface area contributed by atoms with E-state index in [1.54, 1.807) is 6.92 Å². The molecular weight excluding hydrogens is 266 g/mol. The molecule has 1 amide bonds. The third-order valence-electron chi connectivity index (χ3n) is 2.67. The van der Waals surface area contributed by atoms with Crippen molar-refractivity contribution in [1.82, 2.24) is 5.32 Å². The molecule has 5 nitrogen and oxygen atoms in total. The Morgan fingerprint density at radius 1 is 1.32 bits per heavy atom. The number of hydrogen-bond acceptors (Lipinski definition) is 3. The van der Waals surface area contributed by atoms with Crippen LogP contribution >= 0.6 is 0 Å². The Bertz CT molecular complexity index is 475. The fraction of sp³-hybridized carbons (Fsp3) is 0.385. The van der Waals surface area contributed by atoms with Crippen molar-refractivity contribution >= 4 is 22.7 Å². The lowest BCUT2D eigenvalue weighted by molar-refractivity contribution is -0.140. The molecule has 0 aliphatic carbocycles. The second-order valence-electron chi connectivity index (χ2n) is 4.19. The van der Waals surface area contributed by atoms with Crippen LogP contribution in [0.25, 0.3) is 0 Å². The molecule has 2 unspecified atom stereocenters. The van der Waals surface area contributed by atoms with Crippen molar-refractivity contribution in [1.29, 1.82) is 0 Å². The predicted octanol–water partition coefficient (Wildman–Crippen LogP) is 1.09. The number of benzene rings is 1. The van der Waals surface area contributed by atoms with E-state index in [-0.39, 0.29) is 11.0 Å². The number of rotatable bonds is 6. The van der Waals surface area contributed by atoms with Gasteiger partial charge in [-0.05, 0) is 12.5 Å². The summed E-state index contributed by atoms with van der Waals surface area (Å²) in [6.07, 6.45) is 0. The molecule has 0 aliphatic rings. The highest BCUT2D eigenvalue weighted by atomic mass is 32.2. The van der Waals surface area contributed by atoms with E-state index in [1.165, 1.54) is 6.92 Å². The van der Waals surface area contributed by atoms with Crippen LogP contribution in [0.1, 0.15) is 24.7 Å². The Hall–Kier alpha value is -1.69. The average molecular weight is 283 g/mol. The molecule has 2 N–H and O–H groups in total. The van der Waals surface area contributed by atoms with Crippen molar-refractivity contribution in [2.75, 3.05) is 5.75 Å². The summed E-state index contributed by atoms with van der Waals surface area (Å²) >= 11 is 0. The minimum Gasteiger partial charge on any atom is -0.480 e. The molecule has 0 fully saturated rings. The number of amides is 1. The molecular formula is C13H17NO4S. The van der Waals surface area contributed by atoms with Gasteiger partial charge in [0, 0.05) is 17.7 Å². The van der Waals surface area contributed by atoms with Crippen LogP contribution in [0.3, 0.4) is 0 Å². The van der Waals surface area contributed by atoms with E-state index in [1.807, 2.05) is 30.3 Å². The number of carbonyl (C=O) groups excluding carboxylic acids is 1. The molecule has 6 heteroatoms. The minimum atomic E-state index is -1.38. The van der Waals surface area contributed by atoms with E-state index in [9.17, 15) is 13.8 Å². The zero-order chi connectivity index (χ0) is 14.4. The van der Waals surface area contributed by atoms with E-state index in [2.05, 4.69) is 5.32 Å². The molecule has 0 radical (unpaired) electrons. The zero-order valence-corrected chi connectivity index (χ0v) is 11.6. The smallest absolute Gasteiger partial charge is 0.327 e. The van der Waals surface area contributed by atoms with Crippen LogP contribution in [-0.4, -0.2) is 33.0 Å². The lowest BCUT2D eigenvalue weighted by atomic mass is 10.2. The van der Waals surface area contributed by atoms with Crippen LogP contribution in [-0.2, 0) is 20.4 Å². The van der Waals surface area contributed by atoms with E-state index >= 15 is 0 Å². The van der Waals surface area contributed by atoms with Crippen LogP contribution in [0.15, 0.2) is 30.3 Å². The lowest BCUT2D eigenvalue weighted by Crippen LogP contribution is -2.43. The summed E-state index contributed by atoms with van der Waals surface area (Å²) in [4.78, 5) is 21.9. The quantitative estimate of drug-likeness (QED) is 0.818. The van der Waals surface area contributed by atoms with Gasteiger partial charge in [0.1, 0.15) is 6.04 Å². The topological polar surface area (TPSA) is 83.5 Å². The SMILES string of the molecule is CC(=O)N[C@@H](CS(=O)C(C)c1ccccc1)C(=O)O. The molecule has 0 saturated heterocycles. The molecule has 1 aromatic carbocycles. The third kappa shape index (κ3) is 4.82. The van der Waals surface area contributed by atoms with E-state index in [0.29, 0.717) is 0 Å². The highest BCUT2D eigenvalue weighted by Crippen LogP contribution is 2.19. The fourth-order valence-electron chi connectivity index (χ4n) is 1.60. The second kappa shape index (κ2) is 7.04. The Balaban J connectivity index is 2.72. The number of carboxylic acid groups (broad SMARTS) is 1. The Morgan fingerprint density at radius 2 is 1.89 bits per heavy atom. The monoisotopic (exact) mass is 283 g/mol. The average Bonchev–Trinajstić information content (AvgIpc) is 2.37. The van der Waals surface area contributed by atoms with Crippen LogP contribution in [0.5, 0.6) is 0 Å². The number of hydrogen-bond donors (Lipinski definition) is 2. The van der Waals surface area contributed by atoms with Crippen LogP contribution < -0.4 is 5.32 Å². The molecule has 3 atom stereocenters. The van der Waals surface area contributed by atoms with Crippen molar-refractivity contribution in [3.8, 4) is 0 Å². The maximum absolute atomic E-state index is 12.1. The molecule has 0 aliphatic heterocycles. The van der Waals surface area contributed by atoms with Gasteiger partial charge in [-0.3, -0.25) is 9.00 Å². The normalized spacial score (nSPS) is 15.3. The minimum absolute atomic E-state index is 0.106. The van der Waals surface area contributed by atoms with Crippen LogP contribution in [0.2, 0.25) is 0 Å². The first kappa shape index (κ1) is 15.4. The van der Waals surface area contributed by atoms with Crippen LogP contribution in [0.4, 0.5) is 0 Å². The summed E-state index contributed by atoms with van der Waals surface area (Å²) in [7, 11) is -1.38. The predicted molar refractivity (Wildman–Crippen MR) is 73.1 cm³/mol. The van der Waals surface area contributed by atoms with Gasteiger partial charge in [0.25, 0.3) is 0 Å². The molecule has 104 valence electrons. The molecule has 0 saturated carbocycles. The highest BCUT2D eigenvalue weighted by molar-refractivity contribution is 7.85. The van der Waals surface area contributed by atoms with Crippen molar-refractivity contribution in [2.24, 2.45) is 0 Å². The van der Waals surface area contributed by atoms with Gasteiger partial charge < -0.3 is 10.4 Å². The Kier molecular flexibility index (Phi) is 5.69. The maximum Gasteiger partial charge on any atom is 0.327 e. The van der Waals surface area contributed by atoms with Gasteiger partial charge >= 0.3 is 5.97 Å². The summed E-state index contributed by atoms with van der Waals surface area (Å²) in [5.74, 6) is -1.73. The lowest BCUT2D eigenvalue weighted by Gasteiger charge is -2.16. The fourth-order valence-corrected chi connectivity index (χ4v) is 2.91. The molecule has 0 aromatic heterocycles. The first-order chi connectivity index (χ1) is 8.91. The zero-order valence-electron chi connectivity index (χ0n) is 10.8. The van der Waals surface area contributed by atoms with Gasteiger partial charge in [-0.1, -0.05) is 30.3 Å². The summed E-state index contributed by atoms with van der Waals surface area (Å²) in [5, 5.41) is 11.0. The first-order valence-electron chi connectivity index (χ1n) is 5.84. The van der Waals surface area contributed by atoms with Gasteiger partial charge in [-0.25, -0.2) is 4.79 Å². The second-order valence-corrected chi connectivity index (χ2v) is 5.99. The summed E-state index contributed by atoms with van der Waals surface area (Å²) in [5.41, 5.74) is 0.882. The summed E-state index contributed by atoms with van der Waals surface area (Å²) in [6, 6.07) is 8.10. The van der Waals surface area contributed by atoms with Crippen molar-refractivity contribution in [3.05, 3.63) is 35.9 Å². The van der Waals surface area contributed by atoms with Gasteiger partial charge in [0.05, 0.1) is 11.0 Å². The van der Waals surface area contributed by atoms with Crippen LogP contribution in [0, 0.1) is 0 Å². The maximum atomic E-state index is 12.1. The molecule has 1 aromatic rings. The molecule has 1 rings (SSSR count). The van der Waals surface area contributed by atoms with E-state index in [4.69, 9.17) is 5.11 Å². The van der Waals surface area contributed by atoms with Gasteiger partial charge in [0.15, 0.2) is 0 Å². The summed E-state index contributed by atoms with van der Waals surface area (Å²) < 4.78 is 12.1. The third-order valence-corrected chi connectivity index (χ3v) is 4.39. The Morgan fingerprint density at radius 3 is 2.37 bits per heavy atom. The van der Waals surface area contributed by atoms with Gasteiger partial charge in [-0.2, -0.15) is 0 Å². The number of nitrogens with one attached hydrogen (secondary N) is 1. The van der Waals surface area contributed by atoms with Crippen molar-refractivity contribution in [2.45, 2.75) is 25.1 Å². The molecule has 0 heterocycles. The highest BCUT2D eigenvalue weighted by Gasteiger charge is 2.24. The summed E-state index contributed by atoms with van der Waals surface area (Å²) in [6.45, 7) is 3.01. The number of carbonyl (C=O) groups is 2. The van der Waals surface area contributed by atoms with Gasteiger partial charge in [0.2, 0.25) is 5.91 Å². The number of carboxylic acids is 1. The molecule has 0 spiro atoms. The largest absolute Gasteiger partial charge is 0.480 e. The van der Waals surface area contributed by atoms with Gasteiger partial charge in [-0.15, -0.1) is 0 Å². The van der Waals surface area contributed by atoms with E-state index in [0.717, 1.165) is 5.56 Å². The molecule has 19 heavy (non-hydrogen) atoms. The van der Waals surface area contributed by atoms with Crippen molar-refractivity contribution in [3.63, 3.8) is 0 Å². The Labute approximate surface area is 114 Å². The number of aliphatic carboxylic acids is 1. The van der Waals surface area contributed by atoms with E-state index < -0.39 is 28.7 Å².